The van der Waals surface area contributed by atoms with Gasteiger partial charge in [0.2, 0.25) is 0 Å². The molecular formula is C21H20N4O2S. The van der Waals surface area contributed by atoms with E-state index in [2.05, 4.69) is 27.8 Å². The molecule has 2 aromatic heterocycles. The summed E-state index contributed by atoms with van der Waals surface area (Å²) in [7, 11) is 0. The molecule has 0 N–H and O–H groups in total. The summed E-state index contributed by atoms with van der Waals surface area (Å²) >= 11 is 1.57. The minimum atomic E-state index is -0.327. The minimum Gasteiger partial charge on any atom is -0.462 e. The summed E-state index contributed by atoms with van der Waals surface area (Å²) < 4.78 is 9.26. The molecule has 0 saturated heterocycles. The lowest BCUT2D eigenvalue weighted by Gasteiger charge is -2.10. The predicted molar refractivity (Wildman–Crippen MR) is 110 cm³/mol. The Hall–Kier alpha value is -3.06. The van der Waals surface area contributed by atoms with Crippen LogP contribution in [-0.2, 0) is 11.3 Å². The number of thioether (sulfide) groups is 1. The van der Waals surface area contributed by atoms with Crippen molar-refractivity contribution >= 4 is 28.8 Å². The number of fused-ring (bicyclic) bond motifs is 1. The topological polar surface area (TPSA) is 61.9 Å². The monoisotopic (exact) mass is 392 g/mol. The Morgan fingerprint density at radius 3 is 2.86 bits per heavy atom. The Morgan fingerprint density at radius 2 is 2.11 bits per heavy atom. The van der Waals surface area contributed by atoms with Crippen LogP contribution in [0, 0.1) is 0 Å². The third-order valence-electron chi connectivity index (χ3n) is 4.41. The van der Waals surface area contributed by atoms with Gasteiger partial charge in [-0.25, -0.2) is 14.8 Å². The highest BCUT2D eigenvalue weighted by atomic mass is 32.2. The van der Waals surface area contributed by atoms with Gasteiger partial charge in [-0.2, -0.15) is 0 Å². The second-order valence-electron chi connectivity index (χ2n) is 6.26. The fourth-order valence-corrected chi connectivity index (χ4v) is 3.75. The SMILES string of the molecule is CCOC(=O)c1ccc2c(c1)nc(SC)n2-c1cccc(Cn2ccnc2)c1. The third kappa shape index (κ3) is 3.53. The standard InChI is InChI=1S/C21H20N4O2S/c1-3-27-20(26)16-7-8-19-18(12-16)23-21(28-2)25(19)17-6-4-5-15(11-17)13-24-10-9-22-14-24/h4-12,14H,3,13H2,1-2H3. The summed E-state index contributed by atoms with van der Waals surface area (Å²) in [6.45, 7) is 2.90. The normalized spacial score (nSPS) is 11.1. The number of carbonyl (C=O) groups excluding carboxylic acids is 1. The van der Waals surface area contributed by atoms with Gasteiger partial charge in [0.15, 0.2) is 5.16 Å². The van der Waals surface area contributed by atoms with E-state index in [4.69, 9.17) is 9.72 Å². The van der Waals surface area contributed by atoms with Crippen molar-refractivity contribution in [3.63, 3.8) is 0 Å². The summed E-state index contributed by atoms with van der Waals surface area (Å²) in [6, 6.07) is 13.9. The molecule has 0 bridgehead atoms. The molecule has 0 spiro atoms. The van der Waals surface area contributed by atoms with Gasteiger partial charge in [0.1, 0.15) is 0 Å². The predicted octanol–water partition coefficient (Wildman–Crippen LogP) is 4.17. The first-order valence-corrected chi connectivity index (χ1v) is 10.2. The van der Waals surface area contributed by atoms with Crippen LogP contribution in [0.3, 0.4) is 0 Å². The molecule has 4 aromatic rings. The summed E-state index contributed by atoms with van der Waals surface area (Å²) in [5.74, 6) is -0.327. The number of esters is 1. The molecule has 142 valence electrons. The van der Waals surface area contributed by atoms with Crippen molar-refractivity contribution in [1.29, 1.82) is 0 Å². The molecular weight excluding hydrogens is 372 g/mol. The number of nitrogens with zero attached hydrogens (tertiary/aromatic N) is 4. The second kappa shape index (κ2) is 7.90. The smallest absolute Gasteiger partial charge is 0.338 e. The lowest BCUT2D eigenvalue weighted by molar-refractivity contribution is 0.0526. The molecule has 28 heavy (non-hydrogen) atoms. The van der Waals surface area contributed by atoms with Crippen molar-refractivity contribution in [3.8, 4) is 5.69 Å². The van der Waals surface area contributed by atoms with Gasteiger partial charge >= 0.3 is 5.97 Å². The van der Waals surface area contributed by atoms with Gasteiger partial charge in [-0.15, -0.1) is 0 Å². The van der Waals surface area contributed by atoms with Crippen molar-refractivity contribution in [2.45, 2.75) is 18.6 Å². The van der Waals surface area contributed by atoms with Crippen molar-refractivity contribution in [2.75, 3.05) is 12.9 Å². The maximum atomic E-state index is 12.0. The molecule has 0 amide bonds. The van der Waals surface area contributed by atoms with Crippen LogP contribution in [0.25, 0.3) is 16.7 Å². The Bertz CT molecular complexity index is 1120. The fourth-order valence-electron chi connectivity index (χ4n) is 3.17. The van der Waals surface area contributed by atoms with E-state index in [0.29, 0.717) is 12.2 Å². The molecule has 0 saturated carbocycles. The highest BCUT2D eigenvalue weighted by molar-refractivity contribution is 7.98. The van der Waals surface area contributed by atoms with E-state index >= 15 is 0 Å². The molecule has 6 nitrogen and oxygen atoms in total. The zero-order valence-electron chi connectivity index (χ0n) is 15.7. The first-order chi connectivity index (χ1) is 13.7. The van der Waals surface area contributed by atoms with Gasteiger partial charge in [-0.1, -0.05) is 23.9 Å². The lowest BCUT2D eigenvalue weighted by Crippen LogP contribution is -2.04. The number of hydrogen-bond donors (Lipinski definition) is 0. The van der Waals surface area contributed by atoms with E-state index in [0.717, 1.165) is 28.4 Å². The Labute approximate surface area is 167 Å². The van der Waals surface area contributed by atoms with Crippen LogP contribution in [0.2, 0.25) is 0 Å². The van der Waals surface area contributed by atoms with Crippen LogP contribution in [0.5, 0.6) is 0 Å². The first-order valence-electron chi connectivity index (χ1n) is 8.98. The summed E-state index contributed by atoms with van der Waals surface area (Å²) in [5, 5.41) is 0.871. The Morgan fingerprint density at radius 1 is 1.21 bits per heavy atom. The van der Waals surface area contributed by atoms with Crippen molar-refractivity contribution in [3.05, 3.63) is 72.3 Å². The van der Waals surface area contributed by atoms with Crippen LogP contribution >= 0.6 is 11.8 Å². The van der Waals surface area contributed by atoms with E-state index in [1.807, 2.05) is 35.5 Å². The molecule has 0 radical (unpaired) electrons. The number of hydrogen-bond acceptors (Lipinski definition) is 5. The van der Waals surface area contributed by atoms with Crippen LogP contribution in [0.4, 0.5) is 0 Å². The van der Waals surface area contributed by atoms with Gasteiger partial charge in [0, 0.05) is 24.6 Å². The molecule has 2 heterocycles. The van der Waals surface area contributed by atoms with E-state index in [1.165, 1.54) is 5.56 Å². The zero-order chi connectivity index (χ0) is 19.5. The Kier molecular flexibility index (Phi) is 5.16. The van der Waals surface area contributed by atoms with Gasteiger partial charge in [0.25, 0.3) is 0 Å². The maximum absolute atomic E-state index is 12.0. The second-order valence-corrected chi connectivity index (χ2v) is 7.04. The number of rotatable bonds is 6. The number of aromatic nitrogens is 4. The minimum absolute atomic E-state index is 0.327. The number of carbonyl (C=O) groups is 1. The summed E-state index contributed by atoms with van der Waals surface area (Å²) in [5.41, 5.74) is 4.45. The molecule has 2 aromatic carbocycles. The van der Waals surface area contributed by atoms with E-state index in [1.54, 1.807) is 37.0 Å². The van der Waals surface area contributed by atoms with Crippen LogP contribution in [0.15, 0.2) is 66.3 Å². The summed E-state index contributed by atoms with van der Waals surface area (Å²) in [6.07, 6.45) is 7.53. The largest absolute Gasteiger partial charge is 0.462 e. The highest BCUT2D eigenvalue weighted by Gasteiger charge is 2.15. The number of benzene rings is 2. The zero-order valence-corrected chi connectivity index (χ0v) is 16.5. The number of imidazole rings is 2. The van der Waals surface area contributed by atoms with Crippen LogP contribution in [0.1, 0.15) is 22.8 Å². The quantitative estimate of drug-likeness (QED) is 0.364. The maximum Gasteiger partial charge on any atom is 0.338 e. The number of ether oxygens (including phenoxy) is 1. The van der Waals surface area contributed by atoms with Crippen molar-refractivity contribution in [1.82, 2.24) is 19.1 Å². The lowest BCUT2D eigenvalue weighted by atomic mass is 10.1. The molecule has 4 rings (SSSR count). The third-order valence-corrected chi connectivity index (χ3v) is 5.05. The molecule has 7 heteroatoms. The average Bonchev–Trinajstić information content (AvgIpc) is 3.34. The van der Waals surface area contributed by atoms with Gasteiger partial charge < -0.3 is 9.30 Å². The van der Waals surface area contributed by atoms with Gasteiger partial charge in [0.05, 0.1) is 29.5 Å². The van der Waals surface area contributed by atoms with Gasteiger partial charge in [-0.05, 0) is 49.1 Å². The molecule has 0 atom stereocenters. The first kappa shape index (κ1) is 18.3. The summed E-state index contributed by atoms with van der Waals surface area (Å²) in [4.78, 5) is 20.9. The molecule has 0 fully saturated rings. The molecule has 0 aliphatic carbocycles. The van der Waals surface area contributed by atoms with Crippen molar-refractivity contribution < 1.29 is 9.53 Å². The Balaban J connectivity index is 1.76. The van der Waals surface area contributed by atoms with E-state index in [-0.39, 0.29) is 5.97 Å². The molecule has 0 aliphatic heterocycles. The van der Waals surface area contributed by atoms with Crippen LogP contribution in [-0.4, -0.2) is 37.9 Å². The van der Waals surface area contributed by atoms with Gasteiger partial charge in [-0.3, -0.25) is 4.57 Å². The van der Waals surface area contributed by atoms with Crippen molar-refractivity contribution in [2.24, 2.45) is 0 Å². The van der Waals surface area contributed by atoms with E-state index in [9.17, 15) is 4.79 Å². The molecule has 0 unspecified atom stereocenters. The van der Waals surface area contributed by atoms with Crippen LogP contribution < -0.4 is 0 Å². The molecule has 0 aliphatic rings. The fraction of sp³-hybridized carbons (Fsp3) is 0.190. The highest BCUT2D eigenvalue weighted by Crippen LogP contribution is 2.28. The van der Waals surface area contributed by atoms with E-state index < -0.39 is 0 Å². The average molecular weight is 392 g/mol.